The Kier molecular flexibility index (Phi) is 7.52. The van der Waals surface area contributed by atoms with Gasteiger partial charge in [-0.3, -0.25) is 4.79 Å². The number of carbonyl (C=O) groups is 1. The van der Waals surface area contributed by atoms with Gasteiger partial charge < -0.3 is 10.4 Å². The third kappa shape index (κ3) is 6.64. The van der Waals surface area contributed by atoms with Crippen molar-refractivity contribution in [3.8, 4) is 11.4 Å². The molecular formula is C23H25FN4O4S. The number of hydrogen-bond donors (Lipinski definition) is 3. The summed E-state index contributed by atoms with van der Waals surface area (Å²) in [7, 11) is -3.77. The molecule has 3 aromatic rings. The molecule has 0 unspecified atom stereocenters. The van der Waals surface area contributed by atoms with Crippen molar-refractivity contribution in [3.05, 3.63) is 77.9 Å². The standard InChI is InChI=1S/C23H25FN4O4S/c1-23(2,15-29)14-28-33(31,32)20-8-3-5-16(9-20)11-27-22(30)18-12-25-21(26-13-18)17-6-4-7-19(24)10-17/h3-10,12-13,28-29H,11,14-15H2,1-2H3,(H,27,30). The minimum atomic E-state index is -3.77. The maximum atomic E-state index is 13.4. The van der Waals surface area contributed by atoms with Gasteiger partial charge in [-0.15, -0.1) is 0 Å². The Hall–Kier alpha value is -3.21. The molecule has 0 aliphatic rings. The van der Waals surface area contributed by atoms with Crippen LogP contribution in [0.4, 0.5) is 4.39 Å². The molecule has 1 amide bonds. The van der Waals surface area contributed by atoms with Gasteiger partial charge in [0.2, 0.25) is 10.0 Å². The lowest BCUT2D eigenvalue weighted by molar-refractivity contribution is 0.0950. The van der Waals surface area contributed by atoms with Gasteiger partial charge in [-0.25, -0.2) is 27.5 Å². The number of aliphatic hydroxyl groups excluding tert-OH is 1. The summed E-state index contributed by atoms with van der Waals surface area (Å²) in [6.07, 6.45) is 2.69. The van der Waals surface area contributed by atoms with Crippen LogP contribution in [0.5, 0.6) is 0 Å². The Morgan fingerprint density at radius 2 is 1.79 bits per heavy atom. The van der Waals surface area contributed by atoms with E-state index in [1.165, 1.54) is 36.7 Å². The highest BCUT2D eigenvalue weighted by molar-refractivity contribution is 7.89. The molecule has 3 N–H and O–H groups in total. The summed E-state index contributed by atoms with van der Waals surface area (Å²) in [5.41, 5.74) is 0.707. The van der Waals surface area contributed by atoms with E-state index in [4.69, 9.17) is 0 Å². The van der Waals surface area contributed by atoms with Gasteiger partial charge in [-0.2, -0.15) is 0 Å². The SMILES string of the molecule is CC(C)(CO)CNS(=O)(=O)c1cccc(CNC(=O)c2cnc(-c3cccc(F)c3)nc2)c1. The van der Waals surface area contributed by atoms with Crippen molar-refractivity contribution in [1.29, 1.82) is 0 Å². The number of carbonyl (C=O) groups excluding carboxylic acids is 1. The van der Waals surface area contributed by atoms with Crippen LogP contribution in [-0.2, 0) is 16.6 Å². The molecule has 0 bridgehead atoms. The monoisotopic (exact) mass is 472 g/mol. The van der Waals surface area contributed by atoms with E-state index in [1.807, 2.05) is 0 Å². The molecule has 2 aromatic carbocycles. The average Bonchev–Trinajstić information content (AvgIpc) is 2.82. The van der Waals surface area contributed by atoms with Crippen molar-refractivity contribution in [2.24, 2.45) is 5.41 Å². The highest BCUT2D eigenvalue weighted by atomic mass is 32.2. The molecule has 8 nitrogen and oxygen atoms in total. The smallest absolute Gasteiger partial charge is 0.254 e. The van der Waals surface area contributed by atoms with E-state index < -0.39 is 27.2 Å². The van der Waals surface area contributed by atoms with Crippen molar-refractivity contribution < 1.29 is 22.7 Å². The van der Waals surface area contributed by atoms with Gasteiger partial charge in [0.05, 0.1) is 10.5 Å². The summed E-state index contributed by atoms with van der Waals surface area (Å²) in [6, 6.07) is 12.0. The number of amides is 1. The molecule has 10 heteroatoms. The highest BCUT2D eigenvalue weighted by Gasteiger charge is 2.22. The van der Waals surface area contributed by atoms with E-state index in [9.17, 15) is 22.7 Å². The molecule has 0 radical (unpaired) electrons. The summed E-state index contributed by atoms with van der Waals surface area (Å²) >= 11 is 0. The fraction of sp³-hybridized carbons (Fsp3) is 0.261. The topological polar surface area (TPSA) is 121 Å². The van der Waals surface area contributed by atoms with Crippen LogP contribution in [0, 0.1) is 11.2 Å². The third-order valence-electron chi connectivity index (χ3n) is 4.83. The predicted molar refractivity (Wildman–Crippen MR) is 121 cm³/mol. The lowest BCUT2D eigenvalue weighted by Gasteiger charge is -2.21. The molecule has 0 aliphatic carbocycles. The van der Waals surface area contributed by atoms with Crippen LogP contribution < -0.4 is 10.0 Å². The van der Waals surface area contributed by atoms with Crippen LogP contribution in [0.1, 0.15) is 29.8 Å². The van der Waals surface area contributed by atoms with Crippen LogP contribution in [0.2, 0.25) is 0 Å². The summed E-state index contributed by atoms with van der Waals surface area (Å²) in [5.74, 6) is -0.549. The Morgan fingerprint density at radius 1 is 1.09 bits per heavy atom. The lowest BCUT2D eigenvalue weighted by atomic mass is 9.96. The first kappa shape index (κ1) is 24.4. The van der Waals surface area contributed by atoms with Crippen molar-refractivity contribution in [3.63, 3.8) is 0 Å². The van der Waals surface area contributed by atoms with Crippen molar-refractivity contribution >= 4 is 15.9 Å². The van der Waals surface area contributed by atoms with Gasteiger partial charge in [0.25, 0.3) is 5.91 Å². The summed E-state index contributed by atoms with van der Waals surface area (Å²) in [6.45, 7) is 3.51. The molecular weight excluding hydrogens is 447 g/mol. The zero-order valence-electron chi connectivity index (χ0n) is 18.2. The molecule has 3 rings (SSSR count). The molecule has 1 aromatic heterocycles. The fourth-order valence-electron chi connectivity index (χ4n) is 2.76. The second kappa shape index (κ2) is 10.2. The number of benzene rings is 2. The summed E-state index contributed by atoms with van der Waals surface area (Å²) in [5, 5.41) is 12.0. The first-order valence-corrected chi connectivity index (χ1v) is 11.6. The molecule has 174 valence electrons. The second-order valence-corrected chi connectivity index (χ2v) is 10.0. The lowest BCUT2D eigenvalue weighted by Crippen LogP contribution is -2.36. The van der Waals surface area contributed by atoms with Crippen molar-refractivity contribution in [2.45, 2.75) is 25.3 Å². The number of halogens is 1. The van der Waals surface area contributed by atoms with E-state index in [1.54, 1.807) is 38.1 Å². The van der Waals surface area contributed by atoms with E-state index >= 15 is 0 Å². The minimum absolute atomic E-state index is 0.0609. The first-order valence-electron chi connectivity index (χ1n) is 10.2. The Labute approximate surface area is 192 Å². The number of sulfonamides is 1. The predicted octanol–water partition coefficient (Wildman–Crippen LogP) is 2.51. The number of hydrogen-bond acceptors (Lipinski definition) is 6. The zero-order chi connectivity index (χ0) is 24.1. The Balaban J connectivity index is 1.63. The van der Waals surface area contributed by atoms with Crippen molar-refractivity contribution in [2.75, 3.05) is 13.2 Å². The van der Waals surface area contributed by atoms with Gasteiger partial charge in [-0.05, 0) is 29.8 Å². The summed E-state index contributed by atoms with van der Waals surface area (Å²) in [4.78, 5) is 20.7. The number of aromatic nitrogens is 2. The second-order valence-electron chi connectivity index (χ2n) is 8.28. The van der Waals surface area contributed by atoms with E-state index in [0.29, 0.717) is 17.0 Å². The number of aliphatic hydroxyl groups is 1. The molecule has 0 atom stereocenters. The Bertz CT molecular complexity index is 1230. The van der Waals surface area contributed by atoms with Crippen molar-refractivity contribution in [1.82, 2.24) is 20.0 Å². The fourth-order valence-corrected chi connectivity index (χ4v) is 4.07. The van der Waals surface area contributed by atoms with Gasteiger partial charge in [0.15, 0.2) is 5.82 Å². The molecule has 0 saturated carbocycles. The third-order valence-corrected chi connectivity index (χ3v) is 6.23. The maximum absolute atomic E-state index is 13.4. The molecule has 0 fully saturated rings. The molecule has 33 heavy (non-hydrogen) atoms. The molecule has 1 heterocycles. The summed E-state index contributed by atoms with van der Waals surface area (Å²) < 4.78 is 41.0. The van der Waals surface area contributed by atoms with E-state index in [0.717, 1.165) is 0 Å². The number of nitrogens with zero attached hydrogens (tertiary/aromatic N) is 2. The quantitative estimate of drug-likeness (QED) is 0.440. The van der Waals surface area contributed by atoms with Gasteiger partial charge in [-0.1, -0.05) is 38.1 Å². The van der Waals surface area contributed by atoms with E-state index in [2.05, 4.69) is 20.0 Å². The van der Waals surface area contributed by atoms with Crippen LogP contribution in [0.3, 0.4) is 0 Å². The Morgan fingerprint density at radius 3 is 2.45 bits per heavy atom. The normalized spacial score (nSPS) is 11.9. The minimum Gasteiger partial charge on any atom is -0.396 e. The van der Waals surface area contributed by atoms with E-state index in [-0.39, 0.29) is 30.2 Å². The van der Waals surface area contributed by atoms with Crippen LogP contribution in [0.25, 0.3) is 11.4 Å². The van der Waals surface area contributed by atoms with Gasteiger partial charge >= 0.3 is 0 Å². The first-order chi connectivity index (χ1) is 15.6. The average molecular weight is 473 g/mol. The molecule has 0 aliphatic heterocycles. The highest BCUT2D eigenvalue weighted by Crippen LogP contribution is 2.17. The maximum Gasteiger partial charge on any atom is 0.254 e. The molecule has 0 spiro atoms. The number of rotatable bonds is 9. The van der Waals surface area contributed by atoms with Gasteiger partial charge in [0, 0.05) is 43.1 Å². The molecule has 0 saturated heterocycles. The zero-order valence-corrected chi connectivity index (χ0v) is 19.1. The van der Waals surface area contributed by atoms with Crippen LogP contribution in [0.15, 0.2) is 65.8 Å². The number of nitrogens with one attached hydrogen (secondary N) is 2. The van der Waals surface area contributed by atoms with Crippen LogP contribution in [-0.4, -0.2) is 42.6 Å². The van der Waals surface area contributed by atoms with Crippen LogP contribution >= 0.6 is 0 Å². The van der Waals surface area contributed by atoms with Gasteiger partial charge in [0.1, 0.15) is 5.82 Å². The largest absolute Gasteiger partial charge is 0.396 e.